The summed E-state index contributed by atoms with van der Waals surface area (Å²) in [6.07, 6.45) is 0.647. The first kappa shape index (κ1) is 23.1. The Kier molecular flexibility index (Phi) is 8.09. The van der Waals surface area contributed by atoms with Crippen molar-refractivity contribution in [3.05, 3.63) is 53.1 Å². The average molecular weight is 415 g/mol. The number of benzene rings is 2. The highest BCUT2D eigenvalue weighted by Gasteiger charge is 2.20. The molecule has 162 valence electrons. The largest absolute Gasteiger partial charge is 0.496 e. The summed E-state index contributed by atoms with van der Waals surface area (Å²) in [7, 11) is 6.47. The first-order chi connectivity index (χ1) is 14.3. The van der Waals surface area contributed by atoms with Gasteiger partial charge in [-0.05, 0) is 31.5 Å². The molecule has 0 bridgehead atoms. The van der Waals surface area contributed by atoms with E-state index in [9.17, 15) is 9.59 Å². The van der Waals surface area contributed by atoms with Crippen LogP contribution < -0.4 is 19.5 Å². The van der Waals surface area contributed by atoms with Gasteiger partial charge in [0.15, 0.2) is 6.61 Å². The van der Waals surface area contributed by atoms with Crippen LogP contribution in [0.15, 0.2) is 36.4 Å². The molecule has 1 unspecified atom stereocenters. The Morgan fingerprint density at radius 2 is 1.63 bits per heavy atom. The van der Waals surface area contributed by atoms with E-state index in [0.717, 1.165) is 11.1 Å². The number of methoxy groups -OCH3 is 2. The maximum atomic E-state index is 13.0. The van der Waals surface area contributed by atoms with Crippen LogP contribution in [-0.4, -0.2) is 51.6 Å². The van der Waals surface area contributed by atoms with Crippen molar-refractivity contribution in [3.63, 3.8) is 0 Å². The first-order valence-electron chi connectivity index (χ1n) is 9.77. The molecular weight excluding hydrogens is 384 g/mol. The minimum Gasteiger partial charge on any atom is -0.496 e. The normalized spacial score (nSPS) is 11.4. The van der Waals surface area contributed by atoms with Gasteiger partial charge in [-0.2, -0.15) is 0 Å². The topological polar surface area (TPSA) is 77.1 Å². The van der Waals surface area contributed by atoms with Crippen LogP contribution in [-0.2, 0) is 4.79 Å². The van der Waals surface area contributed by atoms with Gasteiger partial charge in [0, 0.05) is 30.8 Å². The molecule has 7 heteroatoms. The van der Waals surface area contributed by atoms with Crippen molar-refractivity contribution in [3.8, 4) is 17.2 Å². The van der Waals surface area contributed by atoms with Crippen molar-refractivity contribution >= 4 is 11.8 Å². The maximum Gasteiger partial charge on any atom is 0.259 e. The predicted molar refractivity (Wildman–Crippen MR) is 115 cm³/mol. The summed E-state index contributed by atoms with van der Waals surface area (Å²) in [6, 6.07) is 10.5. The second-order valence-electron chi connectivity index (χ2n) is 7.05. The highest BCUT2D eigenvalue weighted by atomic mass is 16.5. The Morgan fingerprint density at radius 1 is 1.03 bits per heavy atom. The van der Waals surface area contributed by atoms with E-state index in [1.165, 1.54) is 4.90 Å². The van der Waals surface area contributed by atoms with Gasteiger partial charge in [-0.25, -0.2) is 0 Å². The molecule has 1 atom stereocenters. The molecule has 1 N–H and O–H groups in total. The van der Waals surface area contributed by atoms with Gasteiger partial charge in [0.25, 0.3) is 11.8 Å². The van der Waals surface area contributed by atoms with E-state index in [0.29, 0.717) is 29.2 Å². The monoisotopic (exact) mass is 414 g/mol. The zero-order valence-corrected chi connectivity index (χ0v) is 18.4. The minimum atomic E-state index is -0.290. The van der Waals surface area contributed by atoms with Crippen LogP contribution in [0.5, 0.6) is 17.2 Å². The van der Waals surface area contributed by atoms with Crippen LogP contribution >= 0.6 is 0 Å². The van der Waals surface area contributed by atoms with E-state index in [2.05, 4.69) is 5.32 Å². The van der Waals surface area contributed by atoms with Gasteiger partial charge >= 0.3 is 0 Å². The quantitative estimate of drug-likeness (QED) is 0.681. The summed E-state index contributed by atoms with van der Waals surface area (Å²) in [5.74, 6) is 1.34. The number of carbonyl (C=O) groups is 2. The molecular formula is C23H30N2O5. The summed E-state index contributed by atoms with van der Waals surface area (Å²) in [5, 5.41) is 3.05. The summed E-state index contributed by atoms with van der Waals surface area (Å²) in [5.41, 5.74) is 2.08. The summed E-state index contributed by atoms with van der Waals surface area (Å²) in [4.78, 5) is 26.3. The zero-order valence-electron chi connectivity index (χ0n) is 18.4. The fourth-order valence-electron chi connectivity index (χ4n) is 3.03. The third-order valence-corrected chi connectivity index (χ3v) is 4.87. The first-order valence-corrected chi connectivity index (χ1v) is 9.77. The number of hydrogen-bond donors (Lipinski definition) is 1. The molecule has 0 fully saturated rings. The molecule has 0 aliphatic carbocycles. The molecule has 0 spiro atoms. The number of nitrogens with zero attached hydrogens (tertiary/aromatic N) is 1. The van der Waals surface area contributed by atoms with Crippen LogP contribution in [0.2, 0.25) is 0 Å². The standard InChI is InChI=1S/C23H30N2O5/c1-7-18(17-10-8-9-11-19(17)30-14-22(26)25(3)4)24-23(27)16-12-20(28-5)15(2)21(13-16)29-6/h8-13,18H,7,14H2,1-6H3,(H,24,27). The van der Waals surface area contributed by atoms with Crippen LogP contribution in [0.4, 0.5) is 0 Å². The smallest absolute Gasteiger partial charge is 0.259 e. The molecule has 0 saturated carbocycles. The van der Waals surface area contributed by atoms with Gasteiger partial charge < -0.3 is 24.4 Å². The number of ether oxygens (including phenoxy) is 3. The fraction of sp³-hybridized carbons (Fsp3) is 0.391. The molecule has 0 aromatic heterocycles. The van der Waals surface area contributed by atoms with E-state index in [1.54, 1.807) is 46.5 Å². The SMILES string of the molecule is CCC(NC(=O)c1cc(OC)c(C)c(OC)c1)c1ccccc1OCC(=O)N(C)C. The predicted octanol–water partition coefficient (Wildman–Crippen LogP) is 3.36. The number of nitrogens with one attached hydrogen (secondary N) is 1. The van der Waals surface area contributed by atoms with E-state index in [4.69, 9.17) is 14.2 Å². The molecule has 0 aliphatic rings. The second kappa shape index (κ2) is 10.5. The second-order valence-corrected chi connectivity index (χ2v) is 7.05. The summed E-state index contributed by atoms with van der Waals surface area (Å²) >= 11 is 0. The van der Waals surface area contributed by atoms with Crippen LogP contribution in [0.25, 0.3) is 0 Å². The van der Waals surface area contributed by atoms with Crippen molar-refractivity contribution < 1.29 is 23.8 Å². The minimum absolute atomic E-state index is 0.0687. The fourth-order valence-corrected chi connectivity index (χ4v) is 3.03. The van der Waals surface area contributed by atoms with Crippen LogP contribution in [0, 0.1) is 6.92 Å². The third-order valence-electron chi connectivity index (χ3n) is 4.87. The van der Waals surface area contributed by atoms with Crippen molar-refractivity contribution in [1.82, 2.24) is 10.2 Å². The number of likely N-dealkylation sites (N-methyl/N-ethyl adjacent to an activating group) is 1. The molecule has 0 heterocycles. The molecule has 0 radical (unpaired) electrons. The average Bonchev–Trinajstić information content (AvgIpc) is 2.75. The van der Waals surface area contributed by atoms with Gasteiger partial charge in [0.1, 0.15) is 17.2 Å². The summed E-state index contributed by atoms with van der Waals surface area (Å²) in [6.45, 7) is 3.78. The molecule has 2 aromatic carbocycles. The summed E-state index contributed by atoms with van der Waals surface area (Å²) < 4.78 is 16.5. The maximum absolute atomic E-state index is 13.0. The van der Waals surface area contributed by atoms with Crippen LogP contribution in [0.1, 0.15) is 40.9 Å². The Balaban J connectivity index is 2.26. The number of rotatable bonds is 9. The molecule has 7 nitrogen and oxygen atoms in total. The zero-order chi connectivity index (χ0) is 22.3. The molecule has 0 saturated heterocycles. The number of carbonyl (C=O) groups excluding carboxylic acids is 2. The molecule has 2 aromatic rings. The molecule has 2 amide bonds. The van der Waals surface area contributed by atoms with Gasteiger partial charge in [0.05, 0.1) is 20.3 Å². The molecule has 30 heavy (non-hydrogen) atoms. The lowest BCUT2D eigenvalue weighted by Crippen LogP contribution is -2.30. The van der Waals surface area contributed by atoms with Crippen molar-refractivity contribution in [2.24, 2.45) is 0 Å². The molecule has 0 aliphatic heterocycles. The Hall–Kier alpha value is -3.22. The van der Waals surface area contributed by atoms with E-state index in [-0.39, 0.29) is 24.5 Å². The Morgan fingerprint density at radius 3 is 2.17 bits per heavy atom. The van der Waals surface area contributed by atoms with Gasteiger partial charge in [-0.1, -0.05) is 25.1 Å². The van der Waals surface area contributed by atoms with Crippen molar-refractivity contribution in [2.75, 3.05) is 34.9 Å². The Bertz CT molecular complexity index is 870. The lowest BCUT2D eigenvalue weighted by Gasteiger charge is -2.21. The van der Waals surface area contributed by atoms with Gasteiger partial charge in [0.2, 0.25) is 0 Å². The molecule has 2 rings (SSSR count). The van der Waals surface area contributed by atoms with E-state index >= 15 is 0 Å². The van der Waals surface area contributed by atoms with E-state index in [1.807, 2.05) is 32.0 Å². The van der Waals surface area contributed by atoms with Gasteiger partial charge in [-0.15, -0.1) is 0 Å². The van der Waals surface area contributed by atoms with Crippen LogP contribution in [0.3, 0.4) is 0 Å². The highest BCUT2D eigenvalue weighted by Crippen LogP contribution is 2.31. The van der Waals surface area contributed by atoms with Crippen molar-refractivity contribution in [1.29, 1.82) is 0 Å². The van der Waals surface area contributed by atoms with Crippen molar-refractivity contribution in [2.45, 2.75) is 26.3 Å². The third kappa shape index (κ3) is 5.43. The Labute approximate surface area is 177 Å². The lowest BCUT2D eigenvalue weighted by atomic mass is 10.0. The number of hydrogen-bond acceptors (Lipinski definition) is 5. The highest BCUT2D eigenvalue weighted by molar-refractivity contribution is 5.95. The lowest BCUT2D eigenvalue weighted by molar-refractivity contribution is -0.130. The van der Waals surface area contributed by atoms with Gasteiger partial charge in [-0.3, -0.25) is 9.59 Å². The number of para-hydroxylation sites is 1. The van der Waals surface area contributed by atoms with E-state index < -0.39 is 0 Å². The number of amides is 2.